The summed E-state index contributed by atoms with van der Waals surface area (Å²) in [6.45, 7) is 4.42. The van der Waals surface area contributed by atoms with Gasteiger partial charge in [-0.05, 0) is 52.9 Å². The molecule has 1 saturated carbocycles. The number of nitrogens with two attached hydrogens (primary N) is 1. The van der Waals surface area contributed by atoms with Crippen molar-refractivity contribution in [2.75, 3.05) is 0 Å². The van der Waals surface area contributed by atoms with Crippen molar-refractivity contribution in [3.63, 3.8) is 0 Å². The quantitative estimate of drug-likeness (QED) is 0.851. The van der Waals surface area contributed by atoms with Crippen molar-refractivity contribution in [3.05, 3.63) is 28.2 Å². The fourth-order valence-electron chi connectivity index (χ4n) is 1.75. The molecule has 0 heterocycles. The van der Waals surface area contributed by atoms with Crippen LogP contribution < -0.4 is 5.73 Å². The standard InChI is InChI=1S/C13H18BrNS/c1-9(2)16-12-4-3-10(7-11(12)14)8-13(15)5-6-13/h3-4,7,9H,5-6,8,15H2,1-2H3. The maximum Gasteiger partial charge on any atom is 0.0314 e. The number of rotatable bonds is 4. The summed E-state index contributed by atoms with van der Waals surface area (Å²) in [4.78, 5) is 1.32. The largest absolute Gasteiger partial charge is 0.325 e. The zero-order valence-electron chi connectivity index (χ0n) is 9.79. The van der Waals surface area contributed by atoms with Gasteiger partial charge in [0.2, 0.25) is 0 Å². The van der Waals surface area contributed by atoms with E-state index in [2.05, 4.69) is 48.0 Å². The summed E-state index contributed by atoms with van der Waals surface area (Å²) in [5.74, 6) is 0. The van der Waals surface area contributed by atoms with Gasteiger partial charge in [-0.3, -0.25) is 0 Å². The molecule has 16 heavy (non-hydrogen) atoms. The molecule has 0 amide bonds. The summed E-state index contributed by atoms with van der Waals surface area (Å²) >= 11 is 5.53. The van der Waals surface area contributed by atoms with Crippen molar-refractivity contribution in [3.8, 4) is 0 Å². The maximum atomic E-state index is 6.13. The molecule has 0 saturated heterocycles. The van der Waals surface area contributed by atoms with Crippen LogP contribution in [-0.4, -0.2) is 10.8 Å². The number of thioether (sulfide) groups is 1. The SMILES string of the molecule is CC(C)Sc1ccc(CC2(N)CC2)cc1Br. The third kappa shape index (κ3) is 3.25. The predicted octanol–water partition coefficient (Wildman–Crippen LogP) is 3.98. The third-order valence-electron chi connectivity index (χ3n) is 2.81. The third-order valence-corrected chi connectivity index (χ3v) is 4.81. The molecule has 0 atom stereocenters. The molecule has 0 spiro atoms. The van der Waals surface area contributed by atoms with Gasteiger partial charge in [-0.2, -0.15) is 0 Å². The van der Waals surface area contributed by atoms with Crippen molar-refractivity contribution < 1.29 is 0 Å². The topological polar surface area (TPSA) is 26.0 Å². The lowest BCUT2D eigenvalue weighted by atomic mass is 10.1. The van der Waals surface area contributed by atoms with E-state index in [-0.39, 0.29) is 5.54 Å². The Bertz CT molecular complexity index is 386. The molecule has 0 aliphatic heterocycles. The van der Waals surface area contributed by atoms with Gasteiger partial charge in [0, 0.05) is 20.2 Å². The van der Waals surface area contributed by atoms with Crippen molar-refractivity contribution in [1.82, 2.24) is 0 Å². The van der Waals surface area contributed by atoms with Gasteiger partial charge < -0.3 is 5.73 Å². The minimum Gasteiger partial charge on any atom is -0.325 e. The number of halogens is 1. The normalized spacial score (nSPS) is 17.8. The first-order chi connectivity index (χ1) is 7.48. The minimum absolute atomic E-state index is 0.103. The number of hydrogen-bond donors (Lipinski definition) is 1. The minimum atomic E-state index is 0.103. The Labute approximate surface area is 110 Å². The van der Waals surface area contributed by atoms with Gasteiger partial charge in [0.05, 0.1) is 0 Å². The van der Waals surface area contributed by atoms with Crippen LogP contribution in [0.3, 0.4) is 0 Å². The van der Waals surface area contributed by atoms with Crippen LogP contribution in [0.4, 0.5) is 0 Å². The average molecular weight is 300 g/mol. The lowest BCUT2D eigenvalue weighted by Crippen LogP contribution is -2.24. The van der Waals surface area contributed by atoms with Crippen LogP contribution >= 0.6 is 27.7 Å². The fourth-order valence-corrected chi connectivity index (χ4v) is 3.28. The van der Waals surface area contributed by atoms with Gasteiger partial charge >= 0.3 is 0 Å². The molecule has 1 fully saturated rings. The molecule has 1 aliphatic rings. The lowest BCUT2D eigenvalue weighted by molar-refractivity contribution is 0.671. The summed E-state index contributed by atoms with van der Waals surface area (Å²) in [6.07, 6.45) is 3.36. The molecular weight excluding hydrogens is 282 g/mol. The van der Waals surface area contributed by atoms with E-state index < -0.39 is 0 Å². The summed E-state index contributed by atoms with van der Waals surface area (Å²) in [5.41, 5.74) is 7.58. The highest BCUT2D eigenvalue weighted by Crippen LogP contribution is 2.37. The molecule has 2 N–H and O–H groups in total. The summed E-state index contributed by atoms with van der Waals surface area (Å²) in [6, 6.07) is 6.63. The van der Waals surface area contributed by atoms with Crippen LogP contribution in [0.25, 0.3) is 0 Å². The van der Waals surface area contributed by atoms with E-state index in [9.17, 15) is 0 Å². The maximum absolute atomic E-state index is 6.13. The Hall–Kier alpha value is 0.01000. The molecule has 1 aromatic rings. The first-order valence-corrected chi connectivity index (χ1v) is 7.40. The summed E-state index contributed by atoms with van der Waals surface area (Å²) in [7, 11) is 0. The molecule has 2 rings (SSSR count). The Morgan fingerprint density at radius 3 is 2.62 bits per heavy atom. The molecule has 1 aliphatic carbocycles. The molecule has 88 valence electrons. The van der Waals surface area contributed by atoms with Crippen LogP contribution in [-0.2, 0) is 6.42 Å². The van der Waals surface area contributed by atoms with Crippen molar-refractivity contribution in [2.24, 2.45) is 5.73 Å². The number of benzene rings is 1. The van der Waals surface area contributed by atoms with Crippen molar-refractivity contribution in [1.29, 1.82) is 0 Å². The van der Waals surface area contributed by atoms with Gasteiger partial charge in [-0.15, -0.1) is 11.8 Å². The van der Waals surface area contributed by atoms with E-state index >= 15 is 0 Å². The van der Waals surface area contributed by atoms with Crippen molar-refractivity contribution in [2.45, 2.75) is 48.8 Å². The van der Waals surface area contributed by atoms with E-state index in [0.717, 1.165) is 6.42 Å². The zero-order valence-corrected chi connectivity index (χ0v) is 12.2. The van der Waals surface area contributed by atoms with Crippen LogP contribution in [0.15, 0.2) is 27.6 Å². The van der Waals surface area contributed by atoms with Gasteiger partial charge in [-0.25, -0.2) is 0 Å². The predicted molar refractivity (Wildman–Crippen MR) is 75.0 cm³/mol. The van der Waals surface area contributed by atoms with E-state index in [1.807, 2.05) is 11.8 Å². The smallest absolute Gasteiger partial charge is 0.0314 e. The molecule has 0 bridgehead atoms. The van der Waals surface area contributed by atoms with E-state index in [1.165, 1.54) is 27.8 Å². The molecule has 1 aromatic carbocycles. The van der Waals surface area contributed by atoms with Crippen LogP contribution in [0, 0.1) is 0 Å². The van der Waals surface area contributed by atoms with E-state index in [1.54, 1.807) is 0 Å². The van der Waals surface area contributed by atoms with Gasteiger partial charge in [0.25, 0.3) is 0 Å². The zero-order chi connectivity index (χ0) is 11.8. The first-order valence-electron chi connectivity index (χ1n) is 5.72. The summed E-state index contributed by atoms with van der Waals surface area (Å²) < 4.78 is 1.20. The summed E-state index contributed by atoms with van der Waals surface area (Å²) in [5, 5.41) is 0.617. The Morgan fingerprint density at radius 1 is 1.44 bits per heavy atom. The van der Waals surface area contributed by atoms with Crippen LogP contribution in [0.5, 0.6) is 0 Å². The highest BCUT2D eigenvalue weighted by molar-refractivity contribution is 9.10. The second-order valence-corrected chi connectivity index (χ2v) is 7.44. The highest BCUT2D eigenvalue weighted by atomic mass is 79.9. The molecule has 0 radical (unpaired) electrons. The van der Waals surface area contributed by atoms with Crippen molar-refractivity contribution >= 4 is 27.7 Å². The first kappa shape index (κ1) is 12.5. The molecular formula is C13H18BrNS. The molecule has 0 aromatic heterocycles. The van der Waals surface area contributed by atoms with Crippen LogP contribution in [0.1, 0.15) is 32.3 Å². The second kappa shape index (κ2) is 4.71. The Kier molecular flexibility index (Phi) is 3.67. The second-order valence-electron chi connectivity index (χ2n) is 4.97. The van der Waals surface area contributed by atoms with E-state index in [4.69, 9.17) is 5.73 Å². The molecule has 3 heteroatoms. The lowest BCUT2D eigenvalue weighted by Gasteiger charge is -2.12. The molecule has 1 nitrogen and oxygen atoms in total. The van der Waals surface area contributed by atoms with Crippen LogP contribution in [0.2, 0.25) is 0 Å². The van der Waals surface area contributed by atoms with Gasteiger partial charge in [-0.1, -0.05) is 19.9 Å². The number of hydrogen-bond acceptors (Lipinski definition) is 2. The average Bonchev–Trinajstić information content (AvgIpc) is 2.88. The Morgan fingerprint density at radius 2 is 2.12 bits per heavy atom. The molecule has 0 unspecified atom stereocenters. The van der Waals surface area contributed by atoms with E-state index in [0.29, 0.717) is 5.25 Å². The highest BCUT2D eigenvalue weighted by Gasteiger charge is 2.37. The fraction of sp³-hybridized carbons (Fsp3) is 0.538. The Balaban J connectivity index is 2.09. The monoisotopic (exact) mass is 299 g/mol. The van der Waals surface area contributed by atoms with Gasteiger partial charge in [0.1, 0.15) is 0 Å². The van der Waals surface area contributed by atoms with Gasteiger partial charge in [0.15, 0.2) is 0 Å².